The second-order valence-electron chi connectivity index (χ2n) is 2.48. The molecule has 0 spiro atoms. The van der Waals surface area contributed by atoms with Gasteiger partial charge in [-0.25, -0.2) is 0 Å². The van der Waals surface area contributed by atoms with E-state index in [1.165, 1.54) is 0 Å². The van der Waals surface area contributed by atoms with Crippen molar-refractivity contribution in [3.8, 4) is 0 Å². The molecule has 1 radical (unpaired) electrons. The third-order valence-corrected chi connectivity index (χ3v) is 2.38. The van der Waals surface area contributed by atoms with E-state index in [4.69, 9.17) is 0 Å². The summed E-state index contributed by atoms with van der Waals surface area (Å²) in [5, 5.41) is 0. The Morgan fingerprint density at radius 3 is 1.12 bits per heavy atom. The SMILES string of the molecule is FC(F)(F)C(F)(F)C(F)(F)C(F)(F)[C](Br)Br. The Kier molecular flexibility index (Phi) is 4.30. The van der Waals surface area contributed by atoms with Crippen molar-refractivity contribution < 1.29 is 39.5 Å². The average molecular weight is 391 g/mol. The summed E-state index contributed by atoms with van der Waals surface area (Å²) in [6.07, 6.45) is -6.80. The van der Waals surface area contributed by atoms with Crippen LogP contribution in [0.2, 0.25) is 0 Å². The van der Waals surface area contributed by atoms with Crippen LogP contribution in [0.5, 0.6) is 0 Å². The molecule has 0 aliphatic carbocycles. The van der Waals surface area contributed by atoms with Crippen LogP contribution in [0.15, 0.2) is 0 Å². The maximum atomic E-state index is 12.5. The molecule has 16 heavy (non-hydrogen) atoms. The van der Waals surface area contributed by atoms with Crippen LogP contribution in [0.1, 0.15) is 0 Å². The van der Waals surface area contributed by atoms with E-state index in [1.54, 1.807) is 31.9 Å². The lowest BCUT2D eigenvalue weighted by molar-refractivity contribution is -0.389. The van der Waals surface area contributed by atoms with Crippen LogP contribution in [-0.2, 0) is 0 Å². The van der Waals surface area contributed by atoms with Gasteiger partial charge in [-0.2, -0.15) is 39.5 Å². The Morgan fingerprint density at radius 2 is 0.938 bits per heavy atom. The van der Waals surface area contributed by atoms with Crippen LogP contribution in [0, 0.1) is 3.74 Å². The molecule has 0 aromatic heterocycles. The highest BCUT2D eigenvalue weighted by Crippen LogP contribution is 2.57. The van der Waals surface area contributed by atoms with Gasteiger partial charge in [0.25, 0.3) is 0 Å². The fraction of sp³-hybridized carbons (Fsp3) is 0.800. The molecule has 0 aromatic rings. The molecule has 0 saturated carbocycles. The minimum Gasteiger partial charge on any atom is -0.197 e. The number of rotatable bonds is 3. The van der Waals surface area contributed by atoms with Crippen molar-refractivity contribution in [1.29, 1.82) is 0 Å². The predicted octanol–water partition coefficient (Wildman–Crippen LogP) is 4.73. The van der Waals surface area contributed by atoms with E-state index in [0.717, 1.165) is 0 Å². The quantitative estimate of drug-likeness (QED) is 0.611. The topological polar surface area (TPSA) is 0 Å². The van der Waals surface area contributed by atoms with E-state index in [0.29, 0.717) is 0 Å². The van der Waals surface area contributed by atoms with Crippen molar-refractivity contribution in [2.24, 2.45) is 0 Å². The predicted molar refractivity (Wildman–Crippen MR) is 42.0 cm³/mol. The molecule has 0 bridgehead atoms. The summed E-state index contributed by atoms with van der Waals surface area (Å²) in [6, 6.07) is 0. The molecule has 0 atom stereocenters. The third kappa shape index (κ3) is 2.29. The first kappa shape index (κ1) is 16.3. The fourth-order valence-corrected chi connectivity index (χ4v) is 0.992. The van der Waals surface area contributed by atoms with Gasteiger partial charge >= 0.3 is 23.9 Å². The van der Waals surface area contributed by atoms with E-state index >= 15 is 0 Å². The monoisotopic (exact) mass is 389 g/mol. The molecular formula is C5Br2F9. The molecule has 0 rings (SSSR count). The third-order valence-electron chi connectivity index (χ3n) is 1.38. The second-order valence-corrected chi connectivity index (χ2v) is 5.13. The highest BCUT2D eigenvalue weighted by molar-refractivity contribution is 9.27. The minimum absolute atomic E-state index is 1.69. The summed E-state index contributed by atoms with van der Waals surface area (Å²) in [6.45, 7) is 0. The Bertz CT molecular complexity index is 255. The van der Waals surface area contributed by atoms with Gasteiger partial charge in [0.05, 0.1) is 0 Å². The zero-order valence-electron chi connectivity index (χ0n) is 6.66. The molecular weight excluding hydrogens is 391 g/mol. The summed E-state index contributed by atoms with van der Waals surface area (Å²) in [5.74, 6) is -19.2. The average Bonchev–Trinajstić information content (AvgIpc) is 2.00. The molecule has 0 aromatic carbocycles. The lowest BCUT2D eigenvalue weighted by Crippen LogP contribution is -2.61. The first-order chi connectivity index (χ1) is 6.69. The van der Waals surface area contributed by atoms with Crippen LogP contribution in [-0.4, -0.2) is 23.9 Å². The minimum atomic E-state index is -6.86. The number of halogens is 11. The van der Waals surface area contributed by atoms with Crippen LogP contribution >= 0.6 is 31.9 Å². The van der Waals surface area contributed by atoms with Gasteiger partial charge in [0.1, 0.15) is 0 Å². The molecule has 0 aliphatic rings. The summed E-state index contributed by atoms with van der Waals surface area (Å²) in [5.41, 5.74) is 0. The molecule has 0 saturated heterocycles. The van der Waals surface area contributed by atoms with Gasteiger partial charge in [0.15, 0.2) is 3.74 Å². The zero-order valence-corrected chi connectivity index (χ0v) is 9.83. The van der Waals surface area contributed by atoms with Gasteiger partial charge < -0.3 is 0 Å². The van der Waals surface area contributed by atoms with E-state index in [2.05, 4.69) is 0 Å². The number of hydrogen-bond donors (Lipinski definition) is 0. The molecule has 0 fully saturated rings. The molecule has 0 nitrogen and oxygen atoms in total. The van der Waals surface area contributed by atoms with Crippen molar-refractivity contribution in [3.05, 3.63) is 3.74 Å². The first-order valence-electron chi connectivity index (χ1n) is 3.08. The fourth-order valence-electron chi connectivity index (χ4n) is 0.494. The molecule has 0 amide bonds. The normalized spacial score (nSPS) is 15.8. The lowest BCUT2D eigenvalue weighted by Gasteiger charge is -2.33. The van der Waals surface area contributed by atoms with Crippen LogP contribution in [0.25, 0.3) is 0 Å². The van der Waals surface area contributed by atoms with E-state index in [1.807, 2.05) is 0 Å². The maximum absolute atomic E-state index is 12.5. The smallest absolute Gasteiger partial charge is 0.197 e. The van der Waals surface area contributed by atoms with Gasteiger partial charge in [-0.3, -0.25) is 0 Å². The molecule has 0 N–H and O–H groups in total. The number of hydrogen-bond acceptors (Lipinski definition) is 0. The van der Waals surface area contributed by atoms with Crippen molar-refractivity contribution in [2.75, 3.05) is 0 Å². The highest BCUT2D eigenvalue weighted by Gasteiger charge is 2.82. The largest absolute Gasteiger partial charge is 0.460 e. The molecule has 0 aliphatic heterocycles. The van der Waals surface area contributed by atoms with Crippen molar-refractivity contribution in [3.63, 3.8) is 0 Å². The van der Waals surface area contributed by atoms with Crippen molar-refractivity contribution >= 4 is 31.9 Å². The lowest BCUT2D eigenvalue weighted by atomic mass is 10.1. The Morgan fingerprint density at radius 1 is 0.625 bits per heavy atom. The van der Waals surface area contributed by atoms with Gasteiger partial charge in [-0.1, -0.05) is 31.9 Å². The van der Waals surface area contributed by atoms with Gasteiger partial charge in [-0.15, -0.1) is 0 Å². The molecule has 11 heteroatoms. The van der Waals surface area contributed by atoms with Crippen molar-refractivity contribution in [1.82, 2.24) is 0 Å². The Labute approximate surface area is 99.4 Å². The number of alkyl halides is 9. The van der Waals surface area contributed by atoms with E-state index in [-0.39, 0.29) is 0 Å². The summed E-state index contributed by atoms with van der Waals surface area (Å²) in [7, 11) is 0. The van der Waals surface area contributed by atoms with E-state index < -0.39 is 27.7 Å². The molecule has 0 unspecified atom stereocenters. The van der Waals surface area contributed by atoms with E-state index in [9.17, 15) is 39.5 Å². The molecule has 0 heterocycles. The van der Waals surface area contributed by atoms with Gasteiger partial charge in [-0.05, 0) is 0 Å². The first-order valence-corrected chi connectivity index (χ1v) is 4.66. The second kappa shape index (κ2) is 4.21. The van der Waals surface area contributed by atoms with Crippen LogP contribution < -0.4 is 0 Å². The maximum Gasteiger partial charge on any atom is 0.460 e. The van der Waals surface area contributed by atoms with Crippen molar-refractivity contribution in [2.45, 2.75) is 23.9 Å². The van der Waals surface area contributed by atoms with Gasteiger partial charge in [0, 0.05) is 0 Å². The van der Waals surface area contributed by atoms with Gasteiger partial charge in [0.2, 0.25) is 0 Å². The van der Waals surface area contributed by atoms with Crippen LogP contribution in [0.4, 0.5) is 39.5 Å². The summed E-state index contributed by atoms with van der Waals surface area (Å²) >= 11 is 3.39. The molecule has 97 valence electrons. The summed E-state index contributed by atoms with van der Waals surface area (Å²) in [4.78, 5) is 0. The standard InChI is InChI=1S/C5Br2F9/c6-1(7)2(8,9)3(10,11)4(12,13)5(14,15)16. The zero-order chi connectivity index (χ0) is 13.6. The van der Waals surface area contributed by atoms with Crippen LogP contribution in [0.3, 0.4) is 0 Å². The Balaban J connectivity index is 5.53. The summed E-state index contributed by atoms with van der Waals surface area (Å²) < 4.78 is 107. The highest BCUT2D eigenvalue weighted by atomic mass is 79.9. The Hall–Kier alpha value is 0.330.